The minimum absolute atomic E-state index is 0.0609. The summed E-state index contributed by atoms with van der Waals surface area (Å²) in [4.78, 5) is 12.7. The predicted molar refractivity (Wildman–Crippen MR) is 135 cm³/mol. The highest BCUT2D eigenvalue weighted by Crippen LogP contribution is 2.25. The second-order valence-corrected chi connectivity index (χ2v) is 8.94. The van der Waals surface area contributed by atoms with Gasteiger partial charge in [-0.2, -0.15) is 0 Å². The van der Waals surface area contributed by atoms with E-state index >= 15 is 0 Å². The maximum atomic E-state index is 12.7. The molecule has 6 heteroatoms. The summed E-state index contributed by atoms with van der Waals surface area (Å²) < 4.78 is 2.06. The number of rotatable bonds is 8. The van der Waals surface area contributed by atoms with Crippen molar-refractivity contribution in [3.05, 3.63) is 101 Å². The van der Waals surface area contributed by atoms with Crippen LogP contribution in [-0.4, -0.2) is 26.4 Å². The van der Waals surface area contributed by atoms with Crippen LogP contribution in [0, 0.1) is 13.8 Å². The molecular weight excluding hydrogens is 428 g/mol. The zero-order chi connectivity index (χ0) is 23.2. The monoisotopic (exact) mass is 456 g/mol. The molecule has 1 heterocycles. The third-order valence-corrected chi connectivity index (χ3v) is 6.65. The molecule has 0 saturated carbocycles. The minimum Gasteiger partial charge on any atom is -0.325 e. The number of nitrogens with one attached hydrogen (secondary N) is 1. The van der Waals surface area contributed by atoms with Crippen LogP contribution < -0.4 is 5.32 Å². The fourth-order valence-corrected chi connectivity index (χ4v) is 4.40. The van der Waals surface area contributed by atoms with Gasteiger partial charge in [0, 0.05) is 17.8 Å². The number of thioether (sulfide) groups is 1. The molecule has 4 rings (SSSR count). The van der Waals surface area contributed by atoms with Gasteiger partial charge in [-0.3, -0.25) is 9.36 Å². The molecule has 1 N–H and O–H groups in total. The average molecular weight is 457 g/mol. The molecule has 5 nitrogen and oxygen atoms in total. The van der Waals surface area contributed by atoms with Gasteiger partial charge in [-0.15, -0.1) is 10.2 Å². The summed E-state index contributed by atoms with van der Waals surface area (Å²) in [6.07, 6.45) is 1.65. The average Bonchev–Trinajstić information content (AvgIpc) is 3.23. The molecule has 4 aromatic rings. The van der Waals surface area contributed by atoms with Crippen molar-refractivity contribution < 1.29 is 4.79 Å². The van der Waals surface area contributed by atoms with Crippen LogP contribution in [0.3, 0.4) is 0 Å². The summed E-state index contributed by atoms with van der Waals surface area (Å²) in [5.41, 5.74) is 6.53. The molecule has 0 saturated heterocycles. The second kappa shape index (κ2) is 10.5. The van der Waals surface area contributed by atoms with E-state index in [9.17, 15) is 4.79 Å². The third kappa shape index (κ3) is 5.52. The van der Waals surface area contributed by atoms with Crippen molar-refractivity contribution >= 4 is 23.4 Å². The van der Waals surface area contributed by atoms with E-state index in [1.165, 1.54) is 22.9 Å². The number of anilines is 1. The number of amides is 1. The van der Waals surface area contributed by atoms with Crippen LogP contribution in [0.2, 0.25) is 0 Å². The number of carbonyl (C=O) groups excluding carboxylic acids is 1. The van der Waals surface area contributed by atoms with Crippen molar-refractivity contribution in [1.29, 1.82) is 0 Å². The maximum Gasteiger partial charge on any atom is 0.234 e. The fourth-order valence-electron chi connectivity index (χ4n) is 3.63. The molecule has 0 bridgehead atoms. The molecule has 0 aliphatic heterocycles. The Kier molecular flexibility index (Phi) is 7.25. The van der Waals surface area contributed by atoms with Gasteiger partial charge in [0.25, 0.3) is 0 Å². The quantitative estimate of drug-likeness (QED) is 0.342. The molecule has 0 radical (unpaired) electrons. The summed E-state index contributed by atoms with van der Waals surface area (Å²) in [6.45, 7) is 6.20. The number of hydrogen-bond donors (Lipinski definition) is 1. The first-order chi connectivity index (χ1) is 16.0. The first kappa shape index (κ1) is 22.8. The Morgan fingerprint density at radius 3 is 2.39 bits per heavy atom. The number of benzene rings is 3. The lowest BCUT2D eigenvalue weighted by Gasteiger charge is -2.12. The maximum absolute atomic E-state index is 12.7. The van der Waals surface area contributed by atoms with Crippen molar-refractivity contribution in [3.63, 3.8) is 0 Å². The predicted octanol–water partition coefficient (Wildman–Crippen LogP) is 5.77. The Balaban J connectivity index is 1.56. The molecule has 168 valence electrons. The Morgan fingerprint density at radius 1 is 0.909 bits per heavy atom. The molecule has 1 aromatic heterocycles. The highest BCUT2D eigenvalue weighted by molar-refractivity contribution is 7.99. The molecule has 0 aliphatic carbocycles. The SMILES string of the molecule is CCc1ccc(-n2c(Cc3ccccc3)nnc2SCC(=O)Nc2cccc(C)c2C)cc1. The van der Waals surface area contributed by atoms with Crippen LogP contribution in [0.1, 0.15) is 35.0 Å². The number of nitrogens with zero attached hydrogens (tertiary/aromatic N) is 3. The molecule has 0 aliphatic rings. The van der Waals surface area contributed by atoms with Crippen LogP contribution in [0.25, 0.3) is 5.69 Å². The summed E-state index contributed by atoms with van der Waals surface area (Å²) in [5.74, 6) is 1.04. The van der Waals surface area contributed by atoms with E-state index in [1.54, 1.807) is 0 Å². The zero-order valence-corrected chi connectivity index (χ0v) is 20.0. The molecule has 0 fully saturated rings. The van der Waals surface area contributed by atoms with Gasteiger partial charge in [-0.05, 0) is 60.7 Å². The molecule has 1 amide bonds. The lowest BCUT2D eigenvalue weighted by Crippen LogP contribution is -2.15. The first-order valence-corrected chi connectivity index (χ1v) is 12.1. The van der Waals surface area contributed by atoms with E-state index in [1.807, 2.05) is 50.2 Å². The number of carbonyl (C=O) groups is 1. The third-order valence-electron chi connectivity index (χ3n) is 5.72. The fraction of sp³-hybridized carbons (Fsp3) is 0.222. The highest BCUT2D eigenvalue weighted by Gasteiger charge is 2.17. The van der Waals surface area contributed by atoms with Gasteiger partial charge in [0.1, 0.15) is 5.82 Å². The Morgan fingerprint density at radius 2 is 1.67 bits per heavy atom. The number of hydrogen-bond acceptors (Lipinski definition) is 4. The van der Waals surface area contributed by atoms with Crippen LogP contribution in [0.5, 0.6) is 0 Å². The summed E-state index contributed by atoms with van der Waals surface area (Å²) in [5, 5.41) is 12.7. The Hall–Kier alpha value is -3.38. The van der Waals surface area contributed by atoms with Gasteiger partial charge in [-0.1, -0.05) is 73.3 Å². The molecule has 0 spiro atoms. The topological polar surface area (TPSA) is 59.8 Å². The first-order valence-electron chi connectivity index (χ1n) is 11.1. The van der Waals surface area contributed by atoms with Gasteiger partial charge in [0.2, 0.25) is 5.91 Å². The lowest BCUT2D eigenvalue weighted by atomic mass is 10.1. The molecular formula is C27H28N4OS. The molecule has 0 unspecified atom stereocenters. The van der Waals surface area contributed by atoms with Gasteiger partial charge in [0.05, 0.1) is 5.75 Å². The molecule has 33 heavy (non-hydrogen) atoms. The van der Waals surface area contributed by atoms with Crippen molar-refractivity contribution in [2.75, 3.05) is 11.1 Å². The standard InChI is InChI=1S/C27H28N4OS/c1-4-21-13-15-23(16-14-21)31-25(17-22-10-6-5-7-11-22)29-30-27(31)33-18-26(32)28-24-12-8-9-19(2)20(24)3/h5-16H,4,17-18H2,1-3H3,(H,28,32). The molecule has 3 aromatic carbocycles. The second-order valence-electron chi connectivity index (χ2n) is 8.00. The van der Waals surface area contributed by atoms with Gasteiger partial charge < -0.3 is 5.32 Å². The largest absolute Gasteiger partial charge is 0.325 e. The highest BCUT2D eigenvalue weighted by atomic mass is 32.2. The zero-order valence-electron chi connectivity index (χ0n) is 19.2. The number of aryl methyl sites for hydroxylation is 2. The lowest BCUT2D eigenvalue weighted by molar-refractivity contribution is -0.113. The van der Waals surface area contributed by atoms with Gasteiger partial charge in [-0.25, -0.2) is 0 Å². The van der Waals surface area contributed by atoms with E-state index in [0.29, 0.717) is 11.6 Å². The molecule has 0 atom stereocenters. The smallest absolute Gasteiger partial charge is 0.234 e. The van der Waals surface area contributed by atoms with Crippen LogP contribution >= 0.6 is 11.8 Å². The summed E-state index contributed by atoms with van der Waals surface area (Å²) in [7, 11) is 0. The van der Waals surface area contributed by atoms with Crippen molar-refractivity contribution in [3.8, 4) is 5.69 Å². The van der Waals surface area contributed by atoms with Crippen LogP contribution in [0.4, 0.5) is 5.69 Å². The van der Waals surface area contributed by atoms with Crippen LogP contribution in [0.15, 0.2) is 78.0 Å². The normalized spacial score (nSPS) is 10.9. The van der Waals surface area contributed by atoms with E-state index in [0.717, 1.165) is 34.7 Å². The Bertz CT molecular complexity index is 1230. The number of aromatic nitrogens is 3. The van der Waals surface area contributed by atoms with Crippen molar-refractivity contribution in [1.82, 2.24) is 14.8 Å². The van der Waals surface area contributed by atoms with E-state index < -0.39 is 0 Å². The summed E-state index contributed by atoms with van der Waals surface area (Å²) >= 11 is 1.40. The van der Waals surface area contributed by atoms with E-state index in [4.69, 9.17) is 0 Å². The van der Waals surface area contributed by atoms with Crippen LogP contribution in [-0.2, 0) is 17.6 Å². The van der Waals surface area contributed by atoms with Gasteiger partial charge in [0.15, 0.2) is 5.16 Å². The van der Waals surface area contributed by atoms with E-state index in [2.05, 4.69) is 63.4 Å². The Labute approximate surface area is 199 Å². The van der Waals surface area contributed by atoms with E-state index in [-0.39, 0.29) is 11.7 Å². The minimum atomic E-state index is -0.0609. The van der Waals surface area contributed by atoms with Crippen molar-refractivity contribution in [2.24, 2.45) is 0 Å². The summed E-state index contributed by atoms with van der Waals surface area (Å²) in [6, 6.07) is 24.6. The van der Waals surface area contributed by atoms with Crippen molar-refractivity contribution in [2.45, 2.75) is 38.8 Å². The van der Waals surface area contributed by atoms with Gasteiger partial charge >= 0.3 is 0 Å².